The predicted molar refractivity (Wildman–Crippen MR) is 149 cm³/mol. The summed E-state index contributed by atoms with van der Waals surface area (Å²) in [6.45, 7) is 2.15. The molecule has 6 aromatic rings. The Morgan fingerprint density at radius 3 is 2.47 bits per heavy atom. The molecule has 3 heterocycles. The quantitative estimate of drug-likeness (QED) is 0.262. The molecule has 0 radical (unpaired) electrons. The Balaban J connectivity index is 1.54. The number of para-hydroxylation sites is 2. The maximum atomic E-state index is 5.27. The van der Waals surface area contributed by atoms with Crippen molar-refractivity contribution in [1.82, 2.24) is 14.1 Å². The third-order valence-corrected chi connectivity index (χ3v) is 7.62. The molecule has 1 aliphatic heterocycles. The van der Waals surface area contributed by atoms with Crippen molar-refractivity contribution in [2.45, 2.75) is 19.4 Å². The van der Waals surface area contributed by atoms with Crippen molar-refractivity contribution in [2.24, 2.45) is 0 Å². The molecule has 36 heavy (non-hydrogen) atoms. The van der Waals surface area contributed by atoms with E-state index in [9.17, 15) is 0 Å². The molecule has 8 rings (SSSR count). The first-order valence-electron chi connectivity index (χ1n) is 12.5. The number of rotatable bonds is 2. The fourth-order valence-electron chi connectivity index (χ4n) is 6.13. The molecule has 2 aliphatic rings. The van der Waals surface area contributed by atoms with Gasteiger partial charge in [-0.2, -0.15) is 0 Å². The smallest absolute Gasteiger partial charge is 0.216 e. The summed E-state index contributed by atoms with van der Waals surface area (Å²) in [6.07, 6.45) is 7.68. The van der Waals surface area contributed by atoms with Gasteiger partial charge in [0.2, 0.25) is 5.95 Å². The topological polar surface area (TPSA) is 26.0 Å². The Bertz CT molecular complexity index is 1880. The fourth-order valence-corrected chi connectivity index (χ4v) is 6.13. The Labute approximate surface area is 209 Å². The van der Waals surface area contributed by atoms with Gasteiger partial charge < -0.3 is 9.47 Å². The minimum Gasteiger partial charge on any atom is -0.307 e. The Hall–Kier alpha value is -4.57. The standard InChI is InChI=1S/C32H24N4/c1-21-10-9-13-23(20-21)35-28-16-7-8-17-29(28)36-31-26(33-32(35)36)19-18-25-24-14-5-6-15-27(24)34(30(25)31)22-11-3-2-4-12-22/h2-15,17-20,28H,16H2,1H3. The van der Waals surface area contributed by atoms with Crippen LogP contribution in [0.1, 0.15) is 12.0 Å². The first kappa shape index (κ1) is 19.7. The molecule has 1 atom stereocenters. The van der Waals surface area contributed by atoms with Gasteiger partial charge in [0, 0.05) is 27.8 Å². The molecule has 0 saturated heterocycles. The number of allylic oxidation sites excluding steroid dienone is 2. The zero-order valence-corrected chi connectivity index (χ0v) is 20.0. The number of hydrogen-bond donors (Lipinski definition) is 0. The van der Waals surface area contributed by atoms with Crippen LogP contribution in [0.25, 0.3) is 44.2 Å². The van der Waals surface area contributed by atoms with Crippen LogP contribution >= 0.6 is 0 Å². The first-order chi connectivity index (χ1) is 17.8. The molecule has 0 amide bonds. The molecule has 4 heteroatoms. The molecular formula is C32H24N4. The van der Waals surface area contributed by atoms with Crippen molar-refractivity contribution >= 4 is 50.2 Å². The van der Waals surface area contributed by atoms with E-state index in [1.807, 2.05) is 0 Å². The van der Waals surface area contributed by atoms with Gasteiger partial charge >= 0.3 is 0 Å². The van der Waals surface area contributed by atoms with Crippen molar-refractivity contribution < 1.29 is 0 Å². The van der Waals surface area contributed by atoms with Crippen LogP contribution in [0.4, 0.5) is 11.6 Å². The lowest BCUT2D eigenvalue weighted by molar-refractivity contribution is 0.818. The van der Waals surface area contributed by atoms with E-state index in [1.165, 1.54) is 44.3 Å². The summed E-state index contributed by atoms with van der Waals surface area (Å²) in [5.74, 6) is 0.993. The number of imidazole rings is 1. The van der Waals surface area contributed by atoms with Gasteiger partial charge in [-0.1, -0.05) is 60.7 Å². The van der Waals surface area contributed by atoms with E-state index in [1.54, 1.807) is 0 Å². The maximum Gasteiger partial charge on any atom is 0.216 e. The van der Waals surface area contributed by atoms with Gasteiger partial charge in [-0.05, 0) is 67.4 Å². The van der Waals surface area contributed by atoms with Crippen LogP contribution in [0, 0.1) is 6.92 Å². The molecule has 2 aromatic heterocycles. The lowest BCUT2D eigenvalue weighted by Gasteiger charge is -2.26. The number of aromatic nitrogens is 3. The van der Waals surface area contributed by atoms with Gasteiger partial charge in [0.25, 0.3) is 0 Å². The molecule has 172 valence electrons. The zero-order chi connectivity index (χ0) is 23.8. The summed E-state index contributed by atoms with van der Waals surface area (Å²) in [7, 11) is 0. The number of hydrogen-bond acceptors (Lipinski definition) is 2. The van der Waals surface area contributed by atoms with Crippen molar-refractivity contribution in [3.05, 3.63) is 115 Å². The lowest BCUT2D eigenvalue weighted by atomic mass is 10.0. The van der Waals surface area contributed by atoms with E-state index in [0.29, 0.717) is 0 Å². The van der Waals surface area contributed by atoms with E-state index < -0.39 is 0 Å². The molecule has 0 fully saturated rings. The Morgan fingerprint density at radius 1 is 0.750 bits per heavy atom. The second-order valence-electron chi connectivity index (χ2n) is 9.74. The number of aryl methyl sites for hydroxylation is 1. The number of anilines is 2. The highest BCUT2D eigenvalue weighted by atomic mass is 15.4. The van der Waals surface area contributed by atoms with Crippen LogP contribution in [-0.2, 0) is 0 Å². The molecule has 0 bridgehead atoms. The molecule has 0 N–H and O–H groups in total. The van der Waals surface area contributed by atoms with Crippen LogP contribution in [-0.4, -0.2) is 20.2 Å². The van der Waals surface area contributed by atoms with Crippen LogP contribution in [0.5, 0.6) is 0 Å². The SMILES string of the molecule is Cc1cccc(N2c3nc4ccc5c6ccccc6n(-c6ccccc6)c5c4n3C3=CC=CCC32)c1. The molecule has 1 aliphatic carbocycles. The number of nitrogens with zero attached hydrogens (tertiary/aromatic N) is 4. The molecule has 0 spiro atoms. The van der Waals surface area contributed by atoms with E-state index in [-0.39, 0.29) is 6.04 Å². The van der Waals surface area contributed by atoms with Crippen molar-refractivity contribution in [3.8, 4) is 5.69 Å². The van der Waals surface area contributed by atoms with E-state index in [0.717, 1.165) is 23.6 Å². The van der Waals surface area contributed by atoms with Crippen LogP contribution in [0.15, 0.2) is 109 Å². The summed E-state index contributed by atoms with van der Waals surface area (Å²) in [5, 5.41) is 2.51. The van der Waals surface area contributed by atoms with Gasteiger partial charge in [0.15, 0.2) is 0 Å². The molecule has 4 aromatic carbocycles. The van der Waals surface area contributed by atoms with Gasteiger partial charge in [-0.15, -0.1) is 0 Å². The highest BCUT2D eigenvalue weighted by Crippen LogP contribution is 2.47. The Morgan fingerprint density at radius 2 is 1.58 bits per heavy atom. The van der Waals surface area contributed by atoms with E-state index in [4.69, 9.17) is 4.98 Å². The average molecular weight is 465 g/mol. The summed E-state index contributed by atoms with van der Waals surface area (Å²) < 4.78 is 4.82. The van der Waals surface area contributed by atoms with Crippen LogP contribution in [0.2, 0.25) is 0 Å². The third-order valence-electron chi connectivity index (χ3n) is 7.62. The van der Waals surface area contributed by atoms with Crippen molar-refractivity contribution in [1.29, 1.82) is 0 Å². The fraction of sp³-hybridized carbons (Fsp3) is 0.0938. The summed E-state index contributed by atoms with van der Waals surface area (Å²) in [4.78, 5) is 7.69. The minimum absolute atomic E-state index is 0.230. The van der Waals surface area contributed by atoms with Crippen molar-refractivity contribution in [3.63, 3.8) is 0 Å². The van der Waals surface area contributed by atoms with Gasteiger partial charge in [-0.25, -0.2) is 4.98 Å². The highest BCUT2D eigenvalue weighted by Gasteiger charge is 2.39. The third kappa shape index (κ3) is 2.56. The zero-order valence-electron chi connectivity index (χ0n) is 20.0. The van der Waals surface area contributed by atoms with Gasteiger partial charge in [-0.3, -0.25) is 4.57 Å². The van der Waals surface area contributed by atoms with Gasteiger partial charge in [0.1, 0.15) is 0 Å². The number of benzene rings is 4. The summed E-state index contributed by atoms with van der Waals surface area (Å²) >= 11 is 0. The highest BCUT2D eigenvalue weighted by molar-refractivity contribution is 6.18. The normalized spacial score (nSPS) is 16.6. The number of fused-ring (bicyclic) bond motifs is 9. The molecule has 1 unspecified atom stereocenters. The second kappa shape index (κ2) is 7.22. The minimum atomic E-state index is 0.230. The van der Waals surface area contributed by atoms with Gasteiger partial charge in [0.05, 0.1) is 28.1 Å². The summed E-state index contributed by atoms with van der Waals surface area (Å²) in [5.41, 5.74) is 9.50. The van der Waals surface area contributed by atoms with E-state index >= 15 is 0 Å². The van der Waals surface area contributed by atoms with Crippen LogP contribution in [0.3, 0.4) is 0 Å². The van der Waals surface area contributed by atoms with E-state index in [2.05, 4.69) is 130 Å². The molecule has 4 nitrogen and oxygen atoms in total. The Kier molecular flexibility index (Phi) is 3.95. The average Bonchev–Trinajstić information content (AvgIpc) is 3.55. The lowest BCUT2D eigenvalue weighted by Crippen LogP contribution is -2.27. The summed E-state index contributed by atoms with van der Waals surface area (Å²) in [6, 6.07) is 32.8. The molecule has 0 saturated carbocycles. The molecular weight excluding hydrogens is 440 g/mol. The largest absolute Gasteiger partial charge is 0.307 e. The predicted octanol–water partition coefficient (Wildman–Crippen LogP) is 7.76. The maximum absolute atomic E-state index is 5.27. The van der Waals surface area contributed by atoms with Crippen LogP contribution < -0.4 is 4.90 Å². The monoisotopic (exact) mass is 464 g/mol. The second-order valence-corrected chi connectivity index (χ2v) is 9.74. The first-order valence-corrected chi connectivity index (χ1v) is 12.5. The van der Waals surface area contributed by atoms with Crippen molar-refractivity contribution in [2.75, 3.05) is 4.90 Å².